The van der Waals surface area contributed by atoms with Crippen molar-refractivity contribution in [1.82, 2.24) is 4.98 Å². The molecule has 0 aromatic carbocycles. The van der Waals surface area contributed by atoms with Crippen LogP contribution in [0.15, 0.2) is 12.1 Å². The molecule has 0 N–H and O–H groups in total. The van der Waals surface area contributed by atoms with E-state index in [1.807, 2.05) is 6.92 Å². The van der Waals surface area contributed by atoms with Gasteiger partial charge >= 0.3 is 5.97 Å². The average molecular weight is 296 g/mol. The first-order valence-electron chi connectivity index (χ1n) is 7.49. The number of ether oxygens (including phenoxy) is 1. The molecule has 20 heavy (non-hydrogen) atoms. The Morgan fingerprint density at radius 3 is 2.90 bits per heavy atom. The minimum absolute atomic E-state index is 0.0539. The van der Waals surface area contributed by atoms with Gasteiger partial charge in [0.05, 0.1) is 5.56 Å². The molecule has 0 aliphatic heterocycles. The highest BCUT2D eigenvalue weighted by molar-refractivity contribution is 6.29. The van der Waals surface area contributed by atoms with Gasteiger partial charge in [0.1, 0.15) is 11.3 Å². The van der Waals surface area contributed by atoms with Crippen LogP contribution in [0.5, 0.6) is 0 Å². The van der Waals surface area contributed by atoms with Crippen molar-refractivity contribution in [3.63, 3.8) is 0 Å². The summed E-state index contributed by atoms with van der Waals surface area (Å²) in [6, 6.07) is 3.36. The van der Waals surface area contributed by atoms with Crippen LogP contribution >= 0.6 is 11.6 Å². The topological polar surface area (TPSA) is 39.2 Å². The second-order valence-corrected chi connectivity index (χ2v) is 5.88. The average Bonchev–Trinajstić information content (AvgIpc) is 2.46. The van der Waals surface area contributed by atoms with Crippen molar-refractivity contribution in [3.8, 4) is 0 Å². The minimum atomic E-state index is -0.272. The van der Waals surface area contributed by atoms with Gasteiger partial charge in [-0.1, -0.05) is 38.3 Å². The molecule has 1 aromatic rings. The predicted molar refractivity (Wildman–Crippen MR) is 80.1 cm³/mol. The Morgan fingerprint density at radius 2 is 2.20 bits per heavy atom. The van der Waals surface area contributed by atoms with Gasteiger partial charge in [0.15, 0.2) is 0 Å². The van der Waals surface area contributed by atoms with Crippen molar-refractivity contribution >= 4 is 17.6 Å². The third kappa shape index (κ3) is 3.95. The predicted octanol–water partition coefficient (Wildman–Crippen LogP) is 4.42. The number of carbonyl (C=O) groups excluding carboxylic acids is 1. The fourth-order valence-electron chi connectivity index (χ4n) is 2.79. The molecule has 1 aliphatic rings. The van der Waals surface area contributed by atoms with Crippen LogP contribution in [0, 0.1) is 5.92 Å². The van der Waals surface area contributed by atoms with Gasteiger partial charge in [0, 0.05) is 5.69 Å². The van der Waals surface area contributed by atoms with E-state index in [0.717, 1.165) is 37.8 Å². The first kappa shape index (κ1) is 15.3. The molecule has 0 saturated heterocycles. The van der Waals surface area contributed by atoms with Gasteiger partial charge in [-0.2, -0.15) is 0 Å². The molecule has 4 heteroatoms. The molecule has 1 saturated carbocycles. The van der Waals surface area contributed by atoms with Crippen LogP contribution in [0.1, 0.15) is 62.0 Å². The summed E-state index contributed by atoms with van der Waals surface area (Å²) in [6.07, 6.45) is 6.33. The summed E-state index contributed by atoms with van der Waals surface area (Å²) in [4.78, 5) is 16.4. The lowest BCUT2D eigenvalue weighted by Crippen LogP contribution is -2.25. The van der Waals surface area contributed by atoms with E-state index in [-0.39, 0.29) is 12.1 Å². The maximum atomic E-state index is 12.2. The third-order valence-electron chi connectivity index (χ3n) is 4.03. The van der Waals surface area contributed by atoms with E-state index in [9.17, 15) is 4.79 Å². The Labute approximate surface area is 125 Å². The van der Waals surface area contributed by atoms with E-state index in [4.69, 9.17) is 16.3 Å². The first-order valence-corrected chi connectivity index (χ1v) is 7.87. The summed E-state index contributed by atoms with van der Waals surface area (Å²) < 4.78 is 5.64. The number of pyridine rings is 1. The monoisotopic (exact) mass is 295 g/mol. The van der Waals surface area contributed by atoms with E-state index >= 15 is 0 Å². The number of halogens is 1. The lowest BCUT2D eigenvalue weighted by Gasteiger charge is -2.28. The second-order valence-electron chi connectivity index (χ2n) is 5.49. The summed E-state index contributed by atoms with van der Waals surface area (Å²) in [5.74, 6) is 0.416. The van der Waals surface area contributed by atoms with E-state index < -0.39 is 0 Å². The van der Waals surface area contributed by atoms with E-state index in [2.05, 4.69) is 11.9 Å². The summed E-state index contributed by atoms with van der Waals surface area (Å²) in [7, 11) is 0. The van der Waals surface area contributed by atoms with Crippen molar-refractivity contribution in [2.45, 2.75) is 58.5 Å². The summed E-state index contributed by atoms with van der Waals surface area (Å²) >= 11 is 5.94. The van der Waals surface area contributed by atoms with Gasteiger partial charge in [0.25, 0.3) is 0 Å². The molecule has 2 atom stereocenters. The van der Waals surface area contributed by atoms with Crippen molar-refractivity contribution in [3.05, 3.63) is 28.5 Å². The number of esters is 1. The number of nitrogens with zero attached hydrogens (tertiary/aromatic N) is 1. The zero-order valence-electron chi connectivity index (χ0n) is 12.2. The fourth-order valence-corrected chi connectivity index (χ4v) is 3.02. The van der Waals surface area contributed by atoms with Crippen LogP contribution in [-0.2, 0) is 11.2 Å². The van der Waals surface area contributed by atoms with Gasteiger partial charge in [-0.15, -0.1) is 0 Å². The molecule has 2 unspecified atom stereocenters. The SMILES string of the molecule is CCc1cc(C(=O)OC2CCCC(CC)C2)cc(Cl)n1. The van der Waals surface area contributed by atoms with E-state index in [1.54, 1.807) is 12.1 Å². The molecular formula is C16H22ClNO2. The van der Waals surface area contributed by atoms with Crippen LogP contribution in [0.25, 0.3) is 0 Å². The smallest absolute Gasteiger partial charge is 0.338 e. The highest BCUT2D eigenvalue weighted by atomic mass is 35.5. The van der Waals surface area contributed by atoms with Gasteiger partial charge in [0.2, 0.25) is 0 Å². The lowest BCUT2D eigenvalue weighted by atomic mass is 9.85. The standard InChI is InChI=1S/C16H22ClNO2/c1-3-11-6-5-7-14(8-11)20-16(19)12-9-13(4-2)18-15(17)10-12/h9-11,14H,3-8H2,1-2H3. The first-order chi connectivity index (χ1) is 9.62. The van der Waals surface area contributed by atoms with Gasteiger partial charge in [-0.05, 0) is 43.7 Å². The van der Waals surface area contributed by atoms with Gasteiger partial charge < -0.3 is 4.74 Å². The lowest BCUT2D eigenvalue weighted by molar-refractivity contribution is 0.0139. The normalized spacial score (nSPS) is 22.6. The molecule has 1 aromatic heterocycles. The largest absolute Gasteiger partial charge is 0.459 e. The molecule has 0 spiro atoms. The number of rotatable bonds is 4. The van der Waals surface area contributed by atoms with E-state index in [1.165, 1.54) is 6.42 Å². The zero-order valence-corrected chi connectivity index (χ0v) is 12.9. The zero-order chi connectivity index (χ0) is 14.5. The molecule has 0 bridgehead atoms. The molecule has 2 rings (SSSR count). The van der Waals surface area contributed by atoms with E-state index in [0.29, 0.717) is 16.6 Å². The van der Waals surface area contributed by atoms with Crippen molar-refractivity contribution in [2.24, 2.45) is 5.92 Å². The van der Waals surface area contributed by atoms with Crippen molar-refractivity contribution in [1.29, 1.82) is 0 Å². The highest BCUT2D eigenvalue weighted by Crippen LogP contribution is 2.29. The maximum absolute atomic E-state index is 12.2. The molecular weight excluding hydrogens is 274 g/mol. The Bertz CT molecular complexity index is 476. The number of hydrogen-bond donors (Lipinski definition) is 0. The molecule has 1 aliphatic carbocycles. The quantitative estimate of drug-likeness (QED) is 0.609. The third-order valence-corrected chi connectivity index (χ3v) is 4.22. The van der Waals surface area contributed by atoms with Crippen molar-refractivity contribution in [2.75, 3.05) is 0 Å². The second kappa shape index (κ2) is 7.07. The van der Waals surface area contributed by atoms with Crippen LogP contribution in [-0.4, -0.2) is 17.1 Å². The molecule has 3 nitrogen and oxygen atoms in total. The van der Waals surface area contributed by atoms with Gasteiger partial charge in [-0.3, -0.25) is 0 Å². The summed E-state index contributed by atoms with van der Waals surface area (Å²) in [5.41, 5.74) is 1.33. The molecule has 1 fully saturated rings. The minimum Gasteiger partial charge on any atom is -0.459 e. The molecule has 0 amide bonds. The summed E-state index contributed by atoms with van der Waals surface area (Å²) in [5, 5.41) is 0.353. The Kier molecular flexibility index (Phi) is 5.41. The van der Waals surface area contributed by atoms with Crippen LogP contribution < -0.4 is 0 Å². The highest BCUT2D eigenvalue weighted by Gasteiger charge is 2.24. The number of aromatic nitrogens is 1. The Morgan fingerprint density at radius 1 is 1.40 bits per heavy atom. The molecule has 110 valence electrons. The summed E-state index contributed by atoms with van der Waals surface area (Å²) in [6.45, 7) is 4.19. The van der Waals surface area contributed by atoms with Crippen LogP contribution in [0.2, 0.25) is 5.15 Å². The Hall–Kier alpha value is -1.09. The van der Waals surface area contributed by atoms with Crippen LogP contribution in [0.4, 0.5) is 0 Å². The maximum Gasteiger partial charge on any atom is 0.338 e. The molecule has 0 radical (unpaired) electrons. The van der Waals surface area contributed by atoms with Gasteiger partial charge in [-0.25, -0.2) is 9.78 Å². The number of aryl methyl sites for hydroxylation is 1. The molecule has 1 heterocycles. The van der Waals surface area contributed by atoms with Crippen molar-refractivity contribution < 1.29 is 9.53 Å². The number of carbonyl (C=O) groups is 1. The van der Waals surface area contributed by atoms with Crippen LogP contribution in [0.3, 0.4) is 0 Å². The Balaban J connectivity index is 2.02. The fraction of sp³-hybridized carbons (Fsp3) is 0.625. The number of hydrogen-bond acceptors (Lipinski definition) is 3.